The zero-order valence-electron chi connectivity index (χ0n) is 6.97. The Morgan fingerprint density at radius 3 is 2.00 bits per heavy atom. The lowest BCUT2D eigenvalue weighted by molar-refractivity contribution is 0.377. The van der Waals surface area contributed by atoms with E-state index in [1.54, 1.807) is 0 Å². The summed E-state index contributed by atoms with van der Waals surface area (Å²) in [6.07, 6.45) is 0. The highest BCUT2D eigenvalue weighted by molar-refractivity contribution is 7.99. The molecule has 2 saturated heterocycles. The molecule has 2 heterocycles. The van der Waals surface area contributed by atoms with Crippen LogP contribution in [0, 0.1) is 0 Å². The van der Waals surface area contributed by atoms with Crippen LogP contribution in [0.1, 0.15) is 0 Å². The van der Waals surface area contributed by atoms with Crippen molar-refractivity contribution in [2.75, 3.05) is 31.6 Å². The summed E-state index contributed by atoms with van der Waals surface area (Å²) in [6.45, 7) is 2.31. The lowest BCUT2D eigenvalue weighted by Crippen LogP contribution is -2.55. The number of fused-ring (bicyclic) bond motifs is 1. The molecule has 0 aromatic carbocycles. The summed E-state index contributed by atoms with van der Waals surface area (Å²) in [5, 5.41) is 7.00. The highest BCUT2D eigenvalue weighted by Crippen LogP contribution is 2.19. The molecule has 0 spiro atoms. The molecule has 2 fully saturated rings. The van der Waals surface area contributed by atoms with Gasteiger partial charge in [0.1, 0.15) is 0 Å². The minimum absolute atomic E-state index is 0.767. The quantitative estimate of drug-likeness (QED) is 0.453. The van der Waals surface area contributed by atoms with Crippen LogP contribution in [0.5, 0.6) is 0 Å². The predicted octanol–water partition coefficient (Wildman–Crippen LogP) is -0.762. The Kier molecular flexibility index (Phi) is 4.22. The average Bonchev–Trinajstić information content (AvgIpc) is 2.55. The number of hydrogen-bond donors (Lipinski definition) is 3. The van der Waals surface area contributed by atoms with Crippen LogP contribution in [0.2, 0.25) is 0 Å². The Morgan fingerprint density at radius 2 is 1.55 bits per heavy atom. The van der Waals surface area contributed by atoms with Gasteiger partial charge in [0.15, 0.2) is 0 Å². The van der Waals surface area contributed by atoms with Gasteiger partial charge in [0.2, 0.25) is 0 Å². The molecule has 2 aliphatic heterocycles. The van der Waals surface area contributed by atoms with Gasteiger partial charge in [-0.2, -0.15) is 11.8 Å². The maximum absolute atomic E-state index is 4.50. The molecule has 11 heavy (non-hydrogen) atoms. The van der Waals surface area contributed by atoms with E-state index in [0.717, 1.165) is 25.2 Å². The molecule has 0 bridgehead atoms. The van der Waals surface area contributed by atoms with Gasteiger partial charge in [-0.1, -0.05) is 0 Å². The topological polar surface area (TPSA) is 50.1 Å². The highest BCUT2D eigenvalue weighted by atomic mass is 32.2. The second-order valence-electron chi connectivity index (χ2n) is 2.66. The van der Waals surface area contributed by atoms with Crippen molar-refractivity contribution in [2.24, 2.45) is 5.73 Å². The minimum Gasteiger partial charge on any atom is -0.333 e. The van der Waals surface area contributed by atoms with E-state index < -0.39 is 0 Å². The Bertz CT molecular complexity index is 97.9. The van der Waals surface area contributed by atoms with Gasteiger partial charge in [-0.05, 0) is 7.05 Å². The number of thioether (sulfide) groups is 1. The highest BCUT2D eigenvalue weighted by Gasteiger charge is 2.28. The van der Waals surface area contributed by atoms with Crippen LogP contribution in [0.4, 0.5) is 0 Å². The first-order valence-corrected chi connectivity index (χ1v) is 5.24. The van der Waals surface area contributed by atoms with Crippen molar-refractivity contribution in [2.45, 2.75) is 12.1 Å². The molecule has 0 aliphatic carbocycles. The van der Waals surface area contributed by atoms with E-state index in [9.17, 15) is 0 Å². The molecule has 0 aromatic heterocycles. The van der Waals surface area contributed by atoms with Crippen LogP contribution >= 0.6 is 11.8 Å². The van der Waals surface area contributed by atoms with Crippen molar-refractivity contribution in [3.8, 4) is 0 Å². The molecule has 4 N–H and O–H groups in total. The van der Waals surface area contributed by atoms with Gasteiger partial charge in [-0.3, -0.25) is 0 Å². The number of nitrogens with one attached hydrogen (secondary N) is 2. The SMILES string of the molecule is C1CNC2CSCC2N1.CN. The van der Waals surface area contributed by atoms with Crippen molar-refractivity contribution in [1.29, 1.82) is 0 Å². The fraction of sp³-hybridized carbons (Fsp3) is 1.00. The van der Waals surface area contributed by atoms with Gasteiger partial charge in [0.05, 0.1) is 0 Å². The molecular formula is C7H17N3S. The molecule has 66 valence electrons. The van der Waals surface area contributed by atoms with Crippen molar-refractivity contribution in [1.82, 2.24) is 10.6 Å². The lowest BCUT2D eigenvalue weighted by atomic mass is 10.1. The third-order valence-corrected chi connectivity index (χ3v) is 3.21. The van der Waals surface area contributed by atoms with Gasteiger partial charge in [-0.25, -0.2) is 0 Å². The summed E-state index contributed by atoms with van der Waals surface area (Å²) in [5.41, 5.74) is 4.50. The standard InChI is InChI=1S/C6H12N2S.CH5N/c1-2-8-6-4-9-3-5(6)7-1;1-2/h5-8H,1-4H2;2H2,1H3. The van der Waals surface area contributed by atoms with Gasteiger partial charge in [-0.15, -0.1) is 0 Å². The molecular weight excluding hydrogens is 158 g/mol. The third-order valence-electron chi connectivity index (χ3n) is 2.02. The summed E-state index contributed by atoms with van der Waals surface area (Å²) in [7, 11) is 1.50. The smallest absolute Gasteiger partial charge is 0.0320 e. The van der Waals surface area contributed by atoms with Crippen LogP contribution in [0.3, 0.4) is 0 Å². The summed E-state index contributed by atoms with van der Waals surface area (Å²) in [6, 6.07) is 1.53. The summed E-state index contributed by atoms with van der Waals surface area (Å²) in [5.74, 6) is 2.61. The summed E-state index contributed by atoms with van der Waals surface area (Å²) >= 11 is 2.05. The van der Waals surface area contributed by atoms with E-state index in [2.05, 4.69) is 28.1 Å². The van der Waals surface area contributed by atoms with Crippen LogP contribution in [-0.2, 0) is 0 Å². The van der Waals surface area contributed by atoms with Crippen molar-refractivity contribution in [3.05, 3.63) is 0 Å². The molecule has 0 saturated carbocycles. The summed E-state index contributed by atoms with van der Waals surface area (Å²) in [4.78, 5) is 0. The normalized spacial score (nSPS) is 35.5. The second kappa shape index (κ2) is 4.98. The number of hydrogen-bond acceptors (Lipinski definition) is 4. The van der Waals surface area contributed by atoms with Crippen molar-refractivity contribution >= 4 is 11.8 Å². The zero-order chi connectivity index (χ0) is 8.10. The van der Waals surface area contributed by atoms with Crippen molar-refractivity contribution < 1.29 is 0 Å². The maximum Gasteiger partial charge on any atom is 0.0320 e. The van der Waals surface area contributed by atoms with Crippen LogP contribution in [0.25, 0.3) is 0 Å². The van der Waals surface area contributed by atoms with Gasteiger partial charge in [0.25, 0.3) is 0 Å². The number of piperazine rings is 1. The molecule has 3 nitrogen and oxygen atoms in total. The lowest BCUT2D eigenvalue weighted by Gasteiger charge is -2.26. The van der Waals surface area contributed by atoms with E-state index >= 15 is 0 Å². The molecule has 0 radical (unpaired) electrons. The van der Waals surface area contributed by atoms with E-state index in [1.807, 2.05) is 0 Å². The number of rotatable bonds is 0. The molecule has 2 aliphatic rings. The Balaban J connectivity index is 0.000000281. The van der Waals surface area contributed by atoms with E-state index in [1.165, 1.54) is 18.6 Å². The Morgan fingerprint density at radius 1 is 1.09 bits per heavy atom. The largest absolute Gasteiger partial charge is 0.333 e. The average molecular weight is 175 g/mol. The van der Waals surface area contributed by atoms with E-state index in [0.29, 0.717) is 0 Å². The molecule has 4 heteroatoms. The first-order valence-electron chi connectivity index (χ1n) is 4.09. The van der Waals surface area contributed by atoms with E-state index in [-0.39, 0.29) is 0 Å². The zero-order valence-corrected chi connectivity index (χ0v) is 7.79. The monoisotopic (exact) mass is 175 g/mol. The third kappa shape index (κ3) is 2.33. The van der Waals surface area contributed by atoms with Crippen molar-refractivity contribution in [3.63, 3.8) is 0 Å². The predicted molar refractivity (Wildman–Crippen MR) is 51.0 cm³/mol. The second-order valence-corrected chi connectivity index (χ2v) is 3.73. The number of nitrogens with two attached hydrogens (primary N) is 1. The fourth-order valence-electron chi connectivity index (χ4n) is 1.47. The molecule has 0 aromatic rings. The first-order chi connectivity index (χ1) is 5.47. The maximum atomic E-state index is 4.50. The first kappa shape index (κ1) is 9.32. The fourth-order valence-corrected chi connectivity index (χ4v) is 2.82. The van der Waals surface area contributed by atoms with E-state index in [4.69, 9.17) is 0 Å². The van der Waals surface area contributed by atoms with Crippen LogP contribution in [-0.4, -0.2) is 43.7 Å². The van der Waals surface area contributed by atoms with Gasteiger partial charge in [0, 0.05) is 36.7 Å². The molecule has 2 rings (SSSR count). The van der Waals surface area contributed by atoms with Gasteiger partial charge < -0.3 is 16.4 Å². The van der Waals surface area contributed by atoms with Crippen LogP contribution < -0.4 is 16.4 Å². The molecule has 0 amide bonds. The summed E-state index contributed by atoms with van der Waals surface area (Å²) < 4.78 is 0. The minimum atomic E-state index is 0.767. The Labute approximate surface area is 72.5 Å². The molecule has 2 unspecified atom stereocenters. The molecule has 2 atom stereocenters. The van der Waals surface area contributed by atoms with Crippen LogP contribution in [0.15, 0.2) is 0 Å². The van der Waals surface area contributed by atoms with Gasteiger partial charge >= 0.3 is 0 Å². The Hall–Kier alpha value is 0.230.